The van der Waals surface area contributed by atoms with E-state index in [0.29, 0.717) is 19.4 Å². The van der Waals surface area contributed by atoms with Crippen molar-refractivity contribution in [3.05, 3.63) is 12.7 Å². The van der Waals surface area contributed by atoms with E-state index in [4.69, 9.17) is 10.8 Å². The van der Waals surface area contributed by atoms with Crippen LogP contribution in [0.2, 0.25) is 0 Å². The molecular formula is C11H17N3O4. The van der Waals surface area contributed by atoms with E-state index in [1.54, 1.807) is 0 Å². The maximum absolute atomic E-state index is 11.9. The molecule has 18 heavy (non-hydrogen) atoms. The van der Waals surface area contributed by atoms with E-state index in [0.717, 1.165) is 6.08 Å². The quantitative estimate of drug-likeness (QED) is 0.528. The minimum atomic E-state index is -1.19. The number of rotatable bonds is 5. The van der Waals surface area contributed by atoms with Crippen molar-refractivity contribution in [3.63, 3.8) is 0 Å². The number of hydrogen-bond acceptors (Lipinski definition) is 4. The Labute approximate surface area is 105 Å². The highest BCUT2D eigenvalue weighted by Gasteiger charge is 2.34. The molecule has 0 spiro atoms. The van der Waals surface area contributed by atoms with Gasteiger partial charge in [0.1, 0.15) is 12.1 Å². The van der Waals surface area contributed by atoms with Crippen molar-refractivity contribution < 1.29 is 19.5 Å². The summed E-state index contributed by atoms with van der Waals surface area (Å²) in [5.74, 6) is -1.98. The summed E-state index contributed by atoms with van der Waals surface area (Å²) in [6, 6.07) is -1.78. The van der Waals surface area contributed by atoms with Crippen LogP contribution in [0.3, 0.4) is 0 Å². The van der Waals surface area contributed by atoms with E-state index in [1.807, 2.05) is 0 Å². The zero-order valence-corrected chi connectivity index (χ0v) is 9.96. The fraction of sp³-hybridized carbons (Fsp3) is 0.545. The number of hydrogen-bond donors (Lipinski definition) is 3. The Bertz CT molecular complexity index is 369. The molecule has 2 amide bonds. The third-order valence-corrected chi connectivity index (χ3v) is 2.85. The SMILES string of the molecule is C=CC(NC(=O)C1CCCN1C(=O)CN)C(=O)O. The van der Waals surface area contributed by atoms with Crippen LogP contribution in [0.5, 0.6) is 0 Å². The molecule has 0 radical (unpaired) electrons. The van der Waals surface area contributed by atoms with Crippen LogP contribution in [-0.2, 0) is 14.4 Å². The maximum atomic E-state index is 11.9. The lowest BCUT2D eigenvalue weighted by molar-refractivity contribution is -0.142. The van der Waals surface area contributed by atoms with Crippen molar-refractivity contribution in [3.8, 4) is 0 Å². The third-order valence-electron chi connectivity index (χ3n) is 2.85. The molecule has 4 N–H and O–H groups in total. The lowest BCUT2D eigenvalue weighted by Gasteiger charge is -2.24. The number of likely N-dealkylation sites (tertiary alicyclic amines) is 1. The maximum Gasteiger partial charge on any atom is 0.330 e. The highest BCUT2D eigenvalue weighted by atomic mass is 16.4. The number of nitrogens with zero attached hydrogens (tertiary/aromatic N) is 1. The number of amides is 2. The third kappa shape index (κ3) is 3.07. The Morgan fingerprint density at radius 1 is 1.56 bits per heavy atom. The number of carbonyl (C=O) groups is 3. The molecule has 2 unspecified atom stereocenters. The summed E-state index contributed by atoms with van der Waals surface area (Å²) in [7, 11) is 0. The Morgan fingerprint density at radius 2 is 2.22 bits per heavy atom. The number of nitrogens with one attached hydrogen (secondary N) is 1. The Morgan fingerprint density at radius 3 is 2.72 bits per heavy atom. The predicted octanol–water partition coefficient (Wildman–Crippen LogP) is -1.31. The summed E-state index contributed by atoms with van der Waals surface area (Å²) in [6.07, 6.45) is 2.35. The normalized spacial score (nSPS) is 20.3. The van der Waals surface area contributed by atoms with Crippen LogP contribution in [0.4, 0.5) is 0 Å². The molecule has 2 atom stereocenters. The van der Waals surface area contributed by atoms with Gasteiger partial charge in [0.25, 0.3) is 0 Å². The predicted molar refractivity (Wildman–Crippen MR) is 63.6 cm³/mol. The number of carboxylic acids is 1. The van der Waals surface area contributed by atoms with Gasteiger partial charge < -0.3 is 21.1 Å². The monoisotopic (exact) mass is 255 g/mol. The lowest BCUT2D eigenvalue weighted by atomic mass is 10.2. The Kier molecular flexibility index (Phi) is 4.85. The topological polar surface area (TPSA) is 113 Å². The molecule has 1 saturated heterocycles. The number of nitrogens with two attached hydrogens (primary N) is 1. The van der Waals surface area contributed by atoms with Crippen LogP contribution < -0.4 is 11.1 Å². The van der Waals surface area contributed by atoms with Crippen molar-refractivity contribution in [2.45, 2.75) is 24.9 Å². The standard InChI is InChI=1S/C11H17N3O4/c1-2-7(11(17)18)13-10(16)8-4-3-5-14(8)9(15)6-12/h2,7-8H,1,3-6,12H2,(H,13,16)(H,17,18). The van der Waals surface area contributed by atoms with E-state index in [1.165, 1.54) is 4.90 Å². The van der Waals surface area contributed by atoms with E-state index in [2.05, 4.69) is 11.9 Å². The summed E-state index contributed by atoms with van der Waals surface area (Å²) in [5, 5.41) is 11.1. The van der Waals surface area contributed by atoms with E-state index in [-0.39, 0.29) is 12.5 Å². The van der Waals surface area contributed by atoms with Gasteiger partial charge in [-0.05, 0) is 12.8 Å². The van der Waals surface area contributed by atoms with Gasteiger partial charge >= 0.3 is 5.97 Å². The van der Waals surface area contributed by atoms with Gasteiger partial charge in [0, 0.05) is 6.54 Å². The summed E-state index contributed by atoms with van der Waals surface area (Å²) < 4.78 is 0. The van der Waals surface area contributed by atoms with E-state index >= 15 is 0 Å². The molecular weight excluding hydrogens is 238 g/mol. The molecule has 1 fully saturated rings. The van der Waals surface area contributed by atoms with Crippen molar-refractivity contribution in [2.24, 2.45) is 5.73 Å². The van der Waals surface area contributed by atoms with Gasteiger partial charge in [0.2, 0.25) is 11.8 Å². The van der Waals surface area contributed by atoms with Gasteiger partial charge in [-0.25, -0.2) is 4.79 Å². The first-order valence-corrected chi connectivity index (χ1v) is 5.66. The summed E-state index contributed by atoms with van der Waals surface area (Å²) in [6.45, 7) is 3.65. The molecule has 1 aliphatic heterocycles. The van der Waals surface area contributed by atoms with Gasteiger partial charge in [-0.3, -0.25) is 9.59 Å². The summed E-state index contributed by atoms with van der Waals surface area (Å²) in [5.41, 5.74) is 5.26. The van der Waals surface area contributed by atoms with Crippen LogP contribution in [0.1, 0.15) is 12.8 Å². The Hall–Kier alpha value is -1.89. The molecule has 1 rings (SSSR count). The van der Waals surface area contributed by atoms with Gasteiger partial charge in [0.05, 0.1) is 6.54 Å². The first kappa shape index (κ1) is 14.2. The second-order valence-electron chi connectivity index (χ2n) is 4.01. The van der Waals surface area contributed by atoms with E-state index < -0.39 is 24.0 Å². The molecule has 1 heterocycles. The van der Waals surface area contributed by atoms with Crippen LogP contribution in [0, 0.1) is 0 Å². The molecule has 0 aromatic heterocycles. The van der Waals surface area contributed by atoms with Crippen molar-refractivity contribution >= 4 is 17.8 Å². The fourth-order valence-electron chi connectivity index (χ4n) is 1.93. The van der Waals surface area contributed by atoms with Crippen molar-refractivity contribution in [2.75, 3.05) is 13.1 Å². The molecule has 1 aliphatic rings. The molecule has 7 nitrogen and oxygen atoms in total. The van der Waals surface area contributed by atoms with Crippen LogP contribution in [-0.4, -0.2) is 53.0 Å². The second kappa shape index (κ2) is 6.15. The zero-order chi connectivity index (χ0) is 13.7. The van der Waals surface area contributed by atoms with Gasteiger partial charge in [0.15, 0.2) is 0 Å². The minimum Gasteiger partial charge on any atom is -0.479 e. The van der Waals surface area contributed by atoms with Crippen LogP contribution in [0.15, 0.2) is 12.7 Å². The molecule has 0 bridgehead atoms. The van der Waals surface area contributed by atoms with Gasteiger partial charge in [-0.15, -0.1) is 6.58 Å². The van der Waals surface area contributed by atoms with Crippen LogP contribution in [0.25, 0.3) is 0 Å². The summed E-state index contributed by atoms with van der Waals surface area (Å²) in [4.78, 5) is 35.5. The number of carboxylic acid groups (broad SMARTS) is 1. The largest absolute Gasteiger partial charge is 0.479 e. The first-order valence-electron chi connectivity index (χ1n) is 5.66. The fourth-order valence-corrected chi connectivity index (χ4v) is 1.93. The van der Waals surface area contributed by atoms with Gasteiger partial charge in [-0.2, -0.15) is 0 Å². The molecule has 0 aliphatic carbocycles. The summed E-state index contributed by atoms with van der Waals surface area (Å²) >= 11 is 0. The van der Waals surface area contributed by atoms with Gasteiger partial charge in [-0.1, -0.05) is 6.08 Å². The average Bonchev–Trinajstić information content (AvgIpc) is 2.83. The number of carbonyl (C=O) groups excluding carboxylic acids is 2. The van der Waals surface area contributed by atoms with Crippen molar-refractivity contribution in [1.29, 1.82) is 0 Å². The van der Waals surface area contributed by atoms with E-state index in [9.17, 15) is 14.4 Å². The first-order chi connectivity index (χ1) is 8.51. The molecule has 100 valence electrons. The molecule has 7 heteroatoms. The molecule has 0 saturated carbocycles. The smallest absolute Gasteiger partial charge is 0.330 e. The zero-order valence-electron chi connectivity index (χ0n) is 9.96. The minimum absolute atomic E-state index is 0.159. The Balaban J connectivity index is 2.68. The number of aliphatic carboxylic acids is 1. The second-order valence-corrected chi connectivity index (χ2v) is 4.01. The van der Waals surface area contributed by atoms with Crippen molar-refractivity contribution in [1.82, 2.24) is 10.2 Å². The molecule has 0 aromatic rings. The average molecular weight is 255 g/mol. The lowest BCUT2D eigenvalue weighted by Crippen LogP contribution is -2.51. The highest BCUT2D eigenvalue weighted by molar-refractivity contribution is 5.91. The molecule has 0 aromatic carbocycles. The van der Waals surface area contributed by atoms with Crippen LogP contribution >= 0.6 is 0 Å². The highest BCUT2D eigenvalue weighted by Crippen LogP contribution is 2.17.